The third-order valence-electron chi connectivity index (χ3n) is 2.06. The molecule has 0 radical (unpaired) electrons. The second-order valence-corrected chi connectivity index (χ2v) is 4.45. The van der Waals surface area contributed by atoms with Crippen LogP contribution in [0.4, 0.5) is 0 Å². The highest BCUT2D eigenvalue weighted by molar-refractivity contribution is 9.10. The van der Waals surface area contributed by atoms with Crippen molar-refractivity contribution in [1.82, 2.24) is 10.3 Å². The van der Waals surface area contributed by atoms with Crippen molar-refractivity contribution < 1.29 is 14.7 Å². The Morgan fingerprint density at radius 1 is 1.62 bits per heavy atom. The molecule has 16 heavy (non-hydrogen) atoms. The largest absolute Gasteiger partial charge is 0.481 e. The Morgan fingerprint density at radius 2 is 2.31 bits per heavy atom. The van der Waals surface area contributed by atoms with E-state index in [1.165, 1.54) is 0 Å². The molecule has 6 heteroatoms. The zero-order chi connectivity index (χ0) is 12.1. The maximum absolute atomic E-state index is 11.6. The van der Waals surface area contributed by atoms with Gasteiger partial charge < -0.3 is 15.4 Å². The third-order valence-corrected chi connectivity index (χ3v) is 2.52. The smallest absolute Gasteiger partial charge is 0.303 e. The summed E-state index contributed by atoms with van der Waals surface area (Å²) in [7, 11) is 0. The van der Waals surface area contributed by atoms with Crippen molar-refractivity contribution in [2.45, 2.75) is 25.8 Å². The van der Waals surface area contributed by atoms with Crippen LogP contribution in [0.25, 0.3) is 0 Å². The first-order valence-electron chi connectivity index (χ1n) is 4.85. The monoisotopic (exact) mass is 288 g/mol. The third kappa shape index (κ3) is 4.06. The summed E-state index contributed by atoms with van der Waals surface area (Å²) in [6.07, 6.45) is 2.13. The maximum Gasteiger partial charge on any atom is 0.303 e. The summed E-state index contributed by atoms with van der Waals surface area (Å²) in [4.78, 5) is 24.7. The number of nitrogens with one attached hydrogen (secondary N) is 2. The minimum Gasteiger partial charge on any atom is -0.481 e. The Labute approximate surface area is 101 Å². The highest BCUT2D eigenvalue weighted by atomic mass is 79.9. The lowest BCUT2D eigenvalue weighted by molar-refractivity contribution is -0.137. The van der Waals surface area contributed by atoms with Gasteiger partial charge in [-0.2, -0.15) is 0 Å². The fraction of sp³-hybridized carbons (Fsp3) is 0.400. The normalized spacial score (nSPS) is 12.1. The number of hydrogen-bond acceptors (Lipinski definition) is 2. The molecule has 1 unspecified atom stereocenters. The van der Waals surface area contributed by atoms with Crippen LogP contribution in [-0.2, 0) is 4.79 Å². The SMILES string of the molecule is CC(CCC(=O)O)NC(=O)c1cc(Br)c[nH]1. The van der Waals surface area contributed by atoms with E-state index in [-0.39, 0.29) is 18.4 Å². The van der Waals surface area contributed by atoms with Crippen LogP contribution in [0, 0.1) is 0 Å². The van der Waals surface area contributed by atoms with E-state index < -0.39 is 5.97 Å². The molecule has 88 valence electrons. The Bertz CT molecular complexity index is 389. The molecule has 5 nitrogen and oxygen atoms in total. The highest BCUT2D eigenvalue weighted by Gasteiger charge is 2.12. The summed E-state index contributed by atoms with van der Waals surface area (Å²) in [5.41, 5.74) is 0.453. The molecule has 1 rings (SSSR count). The van der Waals surface area contributed by atoms with Gasteiger partial charge in [-0.1, -0.05) is 0 Å². The molecule has 3 N–H and O–H groups in total. The number of hydrogen-bond donors (Lipinski definition) is 3. The van der Waals surface area contributed by atoms with Crippen molar-refractivity contribution in [3.05, 3.63) is 22.4 Å². The summed E-state index contributed by atoms with van der Waals surface area (Å²) in [5, 5.41) is 11.2. The van der Waals surface area contributed by atoms with Gasteiger partial charge in [-0.15, -0.1) is 0 Å². The van der Waals surface area contributed by atoms with Crippen LogP contribution in [-0.4, -0.2) is 28.0 Å². The zero-order valence-corrected chi connectivity index (χ0v) is 10.4. The zero-order valence-electron chi connectivity index (χ0n) is 8.79. The van der Waals surface area contributed by atoms with Gasteiger partial charge in [0.15, 0.2) is 0 Å². The fourth-order valence-corrected chi connectivity index (χ4v) is 1.56. The molecule has 1 atom stereocenters. The molecule has 1 amide bonds. The van der Waals surface area contributed by atoms with Gasteiger partial charge in [-0.05, 0) is 35.3 Å². The molecule has 0 aliphatic carbocycles. The van der Waals surface area contributed by atoms with E-state index in [0.29, 0.717) is 12.1 Å². The van der Waals surface area contributed by atoms with Crippen LogP contribution in [0.2, 0.25) is 0 Å². The number of aliphatic carboxylic acids is 1. The van der Waals surface area contributed by atoms with Crippen molar-refractivity contribution in [3.63, 3.8) is 0 Å². The minimum absolute atomic E-state index is 0.0515. The Kier molecular flexibility index (Phi) is 4.54. The number of halogens is 1. The average molecular weight is 289 g/mol. The summed E-state index contributed by atoms with van der Waals surface area (Å²) in [6, 6.07) is 1.50. The first-order valence-corrected chi connectivity index (χ1v) is 5.65. The Morgan fingerprint density at radius 3 is 2.81 bits per heavy atom. The molecule has 1 aromatic rings. The molecule has 0 saturated carbocycles. The molecule has 0 aliphatic heterocycles. The topological polar surface area (TPSA) is 82.2 Å². The van der Waals surface area contributed by atoms with Crippen LogP contribution in [0.1, 0.15) is 30.3 Å². The number of aromatic amines is 1. The second-order valence-electron chi connectivity index (χ2n) is 3.54. The second kappa shape index (κ2) is 5.69. The van der Waals surface area contributed by atoms with Crippen molar-refractivity contribution in [2.24, 2.45) is 0 Å². The minimum atomic E-state index is -0.858. The van der Waals surface area contributed by atoms with Crippen molar-refractivity contribution in [2.75, 3.05) is 0 Å². The van der Waals surface area contributed by atoms with Crippen LogP contribution < -0.4 is 5.32 Å². The number of carbonyl (C=O) groups is 2. The highest BCUT2D eigenvalue weighted by Crippen LogP contribution is 2.10. The number of carboxylic acids is 1. The number of carboxylic acid groups (broad SMARTS) is 1. The summed E-state index contributed by atoms with van der Waals surface area (Å²) in [5.74, 6) is -1.09. The van der Waals surface area contributed by atoms with Gasteiger partial charge in [0.2, 0.25) is 0 Å². The molecule has 0 aliphatic rings. The van der Waals surface area contributed by atoms with Gasteiger partial charge in [-0.3, -0.25) is 9.59 Å². The van der Waals surface area contributed by atoms with Crippen molar-refractivity contribution in [1.29, 1.82) is 0 Å². The standard InChI is InChI=1S/C10H13BrN2O3/c1-6(2-3-9(14)15)13-10(16)8-4-7(11)5-12-8/h4-6,12H,2-3H2,1H3,(H,13,16)(H,14,15). The first kappa shape index (κ1) is 12.8. The van der Waals surface area contributed by atoms with Crippen LogP contribution in [0.5, 0.6) is 0 Å². The first-order chi connectivity index (χ1) is 7.49. The van der Waals surface area contributed by atoms with Crippen molar-refractivity contribution in [3.8, 4) is 0 Å². The van der Waals surface area contributed by atoms with E-state index in [1.807, 2.05) is 0 Å². The Balaban J connectivity index is 2.42. The lowest BCUT2D eigenvalue weighted by Gasteiger charge is -2.11. The van der Waals surface area contributed by atoms with E-state index in [1.54, 1.807) is 19.2 Å². The summed E-state index contributed by atoms with van der Waals surface area (Å²) < 4.78 is 0.802. The lowest BCUT2D eigenvalue weighted by atomic mass is 10.2. The van der Waals surface area contributed by atoms with Gasteiger partial charge in [0.25, 0.3) is 5.91 Å². The molecule has 0 bridgehead atoms. The molecule has 0 aromatic carbocycles. The van der Waals surface area contributed by atoms with E-state index in [9.17, 15) is 9.59 Å². The summed E-state index contributed by atoms with van der Waals surface area (Å²) >= 11 is 3.23. The number of aromatic nitrogens is 1. The molecule has 1 heterocycles. The molecule has 0 spiro atoms. The van der Waals surface area contributed by atoms with Crippen molar-refractivity contribution >= 4 is 27.8 Å². The maximum atomic E-state index is 11.6. The van der Waals surface area contributed by atoms with Gasteiger partial charge in [0, 0.05) is 23.1 Å². The predicted octanol–water partition coefficient (Wildman–Crippen LogP) is 1.76. The molecule has 0 saturated heterocycles. The molecule has 1 aromatic heterocycles. The molecular formula is C10H13BrN2O3. The summed E-state index contributed by atoms with van der Waals surface area (Å²) in [6.45, 7) is 1.78. The van der Waals surface area contributed by atoms with Gasteiger partial charge in [0.05, 0.1) is 0 Å². The fourth-order valence-electron chi connectivity index (χ4n) is 1.21. The van der Waals surface area contributed by atoms with Gasteiger partial charge in [0.1, 0.15) is 5.69 Å². The van der Waals surface area contributed by atoms with Crippen LogP contribution >= 0.6 is 15.9 Å². The van der Waals surface area contributed by atoms with Gasteiger partial charge >= 0.3 is 5.97 Å². The van der Waals surface area contributed by atoms with E-state index in [4.69, 9.17) is 5.11 Å². The molecule has 0 fully saturated rings. The van der Waals surface area contributed by atoms with E-state index in [0.717, 1.165) is 4.47 Å². The quantitative estimate of drug-likeness (QED) is 0.772. The molecular weight excluding hydrogens is 276 g/mol. The number of carbonyl (C=O) groups excluding carboxylic acids is 1. The average Bonchev–Trinajstić information content (AvgIpc) is 2.62. The number of rotatable bonds is 5. The van der Waals surface area contributed by atoms with Crippen LogP contribution in [0.15, 0.2) is 16.7 Å². The number of H-pyrrole nitrogens is 1. The van der Waals surface area contributed by atoms with Gasteiger partial charge in [-0.25, -0.2) is 0 Å². The van der Waals surface area contributed by atoms with E-state index >= 15 is 0 Å². The Hall–Kier alpha value is -1.30. The number of amides is 1. The van der Waals surface area contributed by atoms with Crippen LogP contribution in [0.3, 0.4) is 0 Å². The predicted molar refractivity (Wildman–Crippen MR) is 62.3 cm³/mol. The lowest BCUT2D eigenvalue weighted by Crippen LogP contribution is -2.33. The van der Waals surface area contributed by atoms with E-state index in [2.05, 4.69) is 26.2 Å².